The molecule has 7 rings (SSSR count). The van der Waals surface area contributed by atoms with E-state index < -0.39 is 39.2 Å². The highest BCUT2D eigenvalue weighted by molar-refractivity contribution is 7.87. The van der Waals surface area contributed by atoms with E-state index in [2.05, 4.69) is 27.6 Å². The molecular formula is C38H48FN5O8S. The lowest BCUT2D eigenvalue weighted by Gasteiger charge is -2.41. The second kappa shape index (κ2) is 14.6. The molecule has 0 radical (unpaired) electrons. The number of aryl methyl sites for hydroxylation is 2. The first-order valence-corrected chi connectivity index (χ1v) is 19.9. The number of nitrogens with one attached hydrogen (secondary N) is 1. The van der Waals surface area contributed by atoms with E-state index in [0.29, 0.717) is 37.3 Å². The van der Waals surface area contributed by atoms with E-state index in [1.54, 1.807) is 14.0 Å². The van der Waals surface area contributed by atoms with E-state index in [9.17, 15) is 22.8 Å². The third-order valence-electron chi connectivity index (χ3n) is 11.7. The molecule has 3 aliphatic heterocycles. The third-order valence-corrected chi connectivity index (χ3v) is 13.1. The predicted octanol–water partition coefficient (Wildman–Crippen LogP) is 3.62. The number of piperazine rings is 1. The molecule has 4 aliphatic rings. The number of rotatable bonds is 9. The van der Waals surface area contributed by atoms with Gasteiger partial charge < -0.3 is 23.7 Å². The summed E-state index contributed by atoms with van der Waals surface area (Å²) in [5, 5.41) is 0.850. The molecule has 53 heavy (non-hydrogen) atoms. The third kappa shape index (κ3) is 6.81. The normalized spacial score (nSPS) is 22.3. The summed E-state index contributed by atoms with van der Waals surface area (Å²) >= 11 is 0. The minimum atomic E-state index is -4.17. The summed E-state index contributed by atoms with van der Waals surface area (Å²) in [5.74, 6) is -2.78. The van der Waals surface area contributed by atoms with Gasteiger partial charge in [-0.15, -0.1) is 0 Å². The average molecular weight is 754 g/mol. The summed E-state index contributed by atoms with van der Waals surface area (Å²) in [6, 6.07) is 4.72. The fourth-order valence-electron chi connectivity index (χ4n) is 8.77. The molecule has 15 heteroatoms. The van der Waals surface area contributed by atoms with Gasteiger partial charge in [0.15, 0.2) is 11.6 Å². The van der Waals surface area contributed by atoms with Gasteiger partial charge in [-0.05, 0) is 88.2 Å². The lowest BCUT2D eigenvalue weighted by Crippen LogP contribution is -2.53. The number of hydrogen-bond donors (Lipinski definition) is 1. The zero-order valence-electron chi connectivity index (χ0n) is 31.0. The number of likely N-dealkylation sites (N-methyl/N-ethyl adjacent to an activating group) is 1. The van der Waals surface area contributed by atoms with Crippen molar-refractivity contribution in [2.45, 2.75) is 59.0 Å². The van der Waals surface area contributed by atoms with Crippen molar-refractivity contribution in [3.63, 3.8) is 0 Å². The molecule has 0 spiro atoms. The second-order valence-electron chi connectivity index (χ2n) is 14.8. The Morgan fingerprint density at radius 1 is 1.04 bits per heavy atom. The number of nitrogens with zero attached hydrogens (tertiary/aromatic N) is 4. The lowest BCUT2D eigenvalue weighted by atomic mass is 9.92. The van der Waals surface area contributed by atoms with Crippen LogP contribution in [0.25, 0.3) is 11.0 Å². The summed E-state index contributed by atoms with van der Waals surface area (Å²) in [6.07, 6.45) is 3.33. The second-order valence-corrected chi connectivity index (χ2v) is 16.5. The summed E-state index contributed by atoms with van der Waals surface area (Å²) < 4.78 is 62.7. The van der Waals surface area contributed by atoms with Crippen molar-refractivity contribution in [3.05, 3.63) is 67.8 Å². The Morgan fingerprint density at radius 2 is 1.75 bits per heavy atom. The van der Waals surface area contributed by atoms with Crippen molar-refractivity contribution < 1.29 is 36.3 Å². The van der Waals surface area contributed by atoms with Crippen LogP contribution < -0.4 is 20.0 Å². The number of amides is 2. The van der Waals surface area contributed by atoms with E-state index in [0.717, 1.165) is 72.7 Å². The Hall–Kier alpha value is -4.05. The Kier molecular flexibility index (Phi) is 10.3. The zero-order chi connectivity index (χ0) is 37.8. The summed E-state index contributed by atoms with van der Waals surface area (Å²) in [7, 11) is -0.382. The fraction of sp³-hybridized carbons (Fsp3) is 0.553. The molecule has 1 saturated carbocycles. The Balaban J connectivity index is 1.13. The topological polar surface area (TPSA) is 142 Å². The van der Waals surface area contributed by atoms with E-state index in [1.165, 1.54) is 15.3 Å². The number of benzene rings is 2. The van der Waals surface area contributed by atoms with Crippen molar-refractivity contribution in [2.75, 3.05) is 71.5 Å². The predicted molar refractivity (Wildman–Crippen MR) is 197 cm³/mol. The number of halogens is 1. The summed E-state index contributed by atoms with van der Waals surface area (Å²) in [6.45, 7) is 9.38. The van der Waals surface area contributed by atoms with Crippen LogP contribution in [0.4, 0.5) is 10.1 Å². The molecule has 2 amide bonds. The van der Waals surface area contributed by atoms with Gasteiger partial charge in [0.1, 0.15) is 5.58 Å². The van der Waals surface area contributed by atoms with Crippen molar-refractivity contribution in [1.82, 2.24) is 18.8 Å². The van der Waals surface area contributed by atoms with Crippen LogP contribution in [0.2, 0.25) is 0 Å². The SMILES string of the molecule is CCOc1c(C(=O)NS(=O)(=O)N2C[C@H]3CCC[C@H]3C2)ccc(C(=O)N2CCc3c(c(=O)oc4c(C)c(N5CCN(C)[C@@H](COC)C5)cc(C)c34)C2)c1F. The molecule has 2 saturated heterocycles. The smallest absolute Gasteiger partial charge is 0.341 e. The molecule has 1 N–H and O–H groups in total. The molecule has 2 aromatic carbocycles. The van der Waals surface area contributed by atoms with Crippen LogP contribution in [0.1, 0.15) is 69.2 Å². The van der Waals surface area contributed by atoms with Gasteiger partial charge in [0, 0.05) is 63.0 Å². The Labute approximate surface area is 309 Å². The minimum Gasteiger partial charge on any atom is -0.490 e. The van der Waals surface area contributed by atoms with Gasteiger partial charge >= 0.3 is 15.8 Å². The number of fused-ring (bicyclic) bond motifs is 4. The first-order chi connectivity index (χ1) is 25.3. The first kappa shape index (κ1) is 37.3. The highest BCUT2D eigenvalue weighted by atomic mass is 32.2. The maximum Gasteiger partial charge on any atom is 0.341 e. The van der Waals surface area contributed by atoms with Crippen molar-refractivity contribution >= 4 is 38.7 Å². The van der Waals surface area contributed by atoms with Gasteiger partial charge in [0.25, 0.3) is 11.8 Å². The molecule has 1 aromatic heterocycles. The van der Waals surface area contributed by atoms with Crippen molar-refractivity contribution in [1.29, 1.82) is 0 Å². The van der Waals surface area contributed by atoms with Crippen LogP contribution in [0, 0.1) is 31.5 Å². The van der Waals surface area contributed by atoms with Crippen LogP contribution >= 0.6 is 0 Å². The van der Waals surface area contributed by atoms with Gasteiger partial charge in [0.2, 0.25) is 0 Å². The van der Waals surface area contributed by atoms with Gasteiger partial charge in [0.05, 0.1) is 42.5 Å². The van der Waals surface area contributed by atoms with E-state index in [-0.39, 0.29) is 48.7 Å². The summed E-state index contributed by atoms with van der Waals surface area (Å²) in [4.78, 5) is 46.7. The van der Waals surface area contributed by atoms with E-state index >= 15 is 4.39 Å². The average Bonchev–Trinajstić information content (AvgIpc) is 3.75. The molecule has 13 nitrogen and oxygen atoms in total. The molecule has 1 aliphatic carbocycles. The molecule has 0 unspecified atom stereocenters. The highest BCUT2D eigenvalue weighted by Gasteiger charge is 2.42. The first-order valence-electron chi connectivity index (χ1n) is 18.4. The fourth-order valence-corrected chi connectivity index (χ4v) is 10.0. The zero-order valence-corrected chi connectivity index (χ0v) is 31.8. The van der Waals surface area contributed by atoms with E-state index in [4.69, 9.17) is 13.9 Å². The van der Waals surface area contributed by atoms with Crippen LogP contribution in [0.5, 0.6) is 5.75 Å². The number of carbonyl (C=O) groups excluding carboxylic acids is 2. The Morgan fingerprint density at radius 3 is 2.45 bits per heavy atom. The van der Waals surface area contributed by atoms with Gasteiger partial charge in [-0.3, -0.25) is 14.5 Å². The molecule has 3 fully saturated rings. The monoisotopic (exact) mass is 753 g/mol. The van der Waals surface area contributed by atoms with Gasteiger partial charge in [-0.1, -0.05) is 6.42 Å². The molecule has 3 atom stereocenters. The molecule has 0 bridgehead atoms. The molecule has 286 valence electrons. The van der Waals surface area contributed by atoms with Crippen LogP contribution in [-0.4, -0.2) is 107 Å². The molecular weight excluding hydrogens is 706 g/mol. The minimum absolute atomic E-state index is 0.0364. The van der Waals surface area contributed by atoms with Crippen LogP contribution in [0.15, 0.2) is 27.4 Å². The van der Waals surface area contributed by atoms with Crippen LogP contribution in [0.3, 0.4) is 0 Å². The number of anilines is 1. The summed E-state index contributed by atoms with van der Waals surface area (Å²) in [5.41, 5.74) is 3.27. The molecule has 3 aromatic rings. The van der Waals surface area contributed by atoms with Crippen LogP contribution in [-0.2, 0) is 27.9 Å². The van der Waals surface area contributed by atoms with Crippen molar-refractivity contribution in [3.8, 4) is 5.75 Å². The number of methoxy groups -OCH3 is 1. The van der Waals surface area contributed by atoms with Gasteiger partial charge in [-0.2, -0.15) is 12.7 Å². The number of ether oxygens (including phenoxy) is 2. The maximum atomic E-state index is 16.1. The molecule has 4 heterocycles. The number of hydrogen-bond acceptors (Lipinski definition) is 10. The highest BCUT2D eigenvalue weighted by Crippen LogP contribution is 2.39. The standard InChI is InChI=1S/C38H48FN5O8S/c1-6-51-35-29(36(45)40-53(48,49)44-17-24-8-7-9-25(24)18-44)11-10-28(33(35)39)37(46)43-13-12-27-30(20-43)38(47)52-34-23(3)31(16-22(2)32(27)34)42-15-14-41(4)26(19-42)21-50-5/h10-11,16,24-26H,6-9,12-15,17-21H2,1-5H3,(H,40,45)/t24-,25+,26-/m1/s1. The number of carbonyl (C=O) groups is 2. The van der Waals surface area contributed by atoms with Crippen molar-refractivity contribution in [2.24, 2.45) is 11.8 Å². The lowest BCUT2D eigenvalue weighted by molar-refractivity contribution is 0.0726. The maximum absolute atomic E-state index is 16.1. The van der Waals surface area contributed by atoms with E-state index in [1.807, 2.05) is 13.8 Å². The van der Waals surface area contributed by atoms with Gasteiger partial charge in [-0.25, -0.2) is 13.9 Å². The largest absolute Gasteiger partial charge is 0.490 e. The quantitative estimate of drug-likeness (QED) is 0.322. The Bertz CT molecular complexity index is 2110.